The number of nitrogens with one attached hydrogen (secondary N) is 2. The molecule has 1 aliphatic heterocycles. The summed E-state index contributed by atoms with van der Waals surface area (Å²) in [6.45, 7) is 10.0. The minimum absolute atomic E-state index is 0. The highest BCUT2D eigenvalue weighted by atomic mass is 127. The predicted molar refractivity (Wildman–Crippen MR) is 112 cm³/mol. The second kappa shape index (κ2) is 12.9. The molecule has 5 nitrogen and oxygen atoms in total. The van der Waals surface area contributed by atoms with Gasteiger partial charge in [-0.05, 0) is 38.8 Å². The lowest BCUT2D eigenvalue weighted by atomic mass is 10.1. The monoisotopic (exact) mass is 467 g/mol. The molecule has 2 rings (SSSR count). The summed E-state index contributed by atoms with van der Waals surface area (Å²) in [5.74, 6) is 1.47. The van der Waals surface area contributed by atoms with Crippen LogP contribution >= 0.6 is 35.3 Å². The summed E-state index contributed by atoms with van der Waals surface area (Å²) in [7, 11) is 0. The number of ether oxygens (including phenoxy) is 2. The molecule has 1 saturated heterocycles. The van der Waals surface area contributed by atoms with Crippen molar-refractivity contribution in [3.63, 3.8) is 0 Å². The second-order valence-electron chi connectivity index (χ2n) is 5.79. The molecule has 1 atom stereocenters. The molecule has 1 unspecified atom stereocenters. The third kappa shape index (κ3) is 8.64. The zero-order chi connectivity index (χ0) is 16.3. The van der Waals surface area contributed by atoms with Gasteiger partial charge in [0.2, 0.25) is 0 Å². The Morgan fingerprint density at radius 2 is 2.29 bits per heavy atom. The van der Waals surface area contributed by atoms with Crippen LogP contribution in [0.2, 0.25) is 0 Å². The van der Waals surface area contributed by atoms with E-state index >= 15 is 0 Å². The number of aliphatic imine (C=N–C) groups is 1. The number of guanidine groups is 1. The van der Waals surface area contributed by atoms with Crippen molar-refractivity contribution in [3.8, 4) is 0 Å². The molecule has 0 spiro atoms. The van der Waals surface area contributed by atoms with Gasteiger partial charge in [-0.25, -0.2) is 4.99 Å². The Bertz CT molecular complexity index is 476. The van der Waals surface area contributed by atoms with E-state index in [1.165, 1.54) is 9.75 Å². The average Bonchev–Trinajstić information content (AvgIpc) is 3.19. The van der Waals surface area contributed by atoms with Gasteiger partial charge in [-0.3, -0.25) is 0 Å². The Kier molecular flexibility index (Phi) is 11.7. The van der Waals surface area contributed by atoms with Crippen molar-refractivity contribution in [2.45, 2.75) is 33.2 Å². The fraction of sp³-hybridized carbons (Fsp3) is 0.706. The van der Waals surface area contributed by atoms with Crippen molar-refractivity contribution in [2.75, 3.05) is 39.5 Å². The molecule has 2 N–H and O–H groups in total. The third-order valence-corrected chi connectivity index (χ3v) is 4.65. The van der Waals surface area contributed by atoms with E-state index < -0.39 is 0 Å². The standard InChI is InChI=1S/C17H29N3O2S.HI/c1-3-18-17(20-11-16-6-5-14(2)23-16)19-8-4-9-21-12-15-7-10-22-13-15;/h5-6,15H,3-4,7-13H2,1-2H3,(H2,18,19,20);1H. The summed E-state index contributed by atoms with van der Waals surface area (Å²) in [6.07, 6.45) is 2.12. The number of thiophene rings is 1. The third-order valence-electron chi connectivity index (χ3n) is 3.67. The van der Waals surface area contributed by atoms with E-state index in [0.717, 1.165) is 64.9 Å². The summed E-state index contributed by atoms with van der Waals surface area (Å²) in [5.41, 5.74) is 0. The Morgan fingerprint density at radius 3 is 2.96 bits per heavy atom. The quantitative estimate of drug-likeness (QED) is 0.254. The molecule has 1 aromatic rings. The van der Waals surface area contributed by atoms with Gasteiger partial charge in [0.25, 0.3) is 0 Å². The topological polar surface area (TPSA) is 54.9 Å². The molecule has 0 aromatic carbocycles. The van der Waals surface area contributed by atoms with E-state index in [-0.39, 0.29) is 24.0 Å². The van der Waals surface area contributed by atoms with Crippen molar-refractivity contribution in [2.24, 2.45) is 10.9 Å². The fourth-order valence-electron chi connectivity index (χ4n) is 2.41. The van der Waals surface area contributed by atoms with Crippen LogP contribution < -0.4 is 10.6 Å². The number of halogens is 1. The van der Waals surface area contributed by atoms with Crippen molar-refractivity contribution in [1.82, 2.24) is 10.6 Å². The van der Waals surface area contributed by atoms with Gasteiger partial charge in [0.05, 0.1) is 19.8 Å². The van der Waals surface area contributed by atoms with Crippen molar-refractivity contribution in [1.29, 1.82) is 0 Å². The predicted octanol–water partition coefficient (Wildman–Crippen LogP) is 3.17. The van der Waals surface area contributed by atoms with Gasteiger partial charge < -0.3 is 20.1 Å². The summed E-state index contributed by atoms with van der Waals surface area (Å²) in [5, 5.41) is 6.65. The molecular weight excluding hydrogens is 437 g/mol. The van der Waals surface area contributed by atoms with Gasteiger partial charge >= 0.3 is 0 Å². The minimum Gasteiger partial charge on any atom is -0.381 e. The molecule has 2 heterocycles. The molecule has 0 saturated carbocycles. The maximum atomic E-state index is 5.71. The Hall–Kier alpha value is -0.380. The van der Waals surface area contributed by atoms with Crippen LogP contribution in [-0.4, -0.2) is 45.5 Å². The van der Waals surface area contributed by atoms with Crippen molar-refractivity contribution < 1.29 is 9.47 Å². The first-order chi connectivity index (χ1) is 11.3. The number of nitrogens with zero attached hydrogens (tertiary/aromatic N) is 1. The molecule has 138 valence electrons. The van der Waals surface area contributed by atoms with Crippen LogP contribution in [0.25, 0.3) is 0 Å². The van der Waals surface area contributed by atoms with Crippen LogP contribution in [-0.2, 0) is 16.0 Å². The average molecular weight is 467 g/mol. The van der Waals surface area contributed by atoms with Gasteiger partial charge in [-0.15, -0.1) is 35.3 Å². The molecule has 24 heavy (non-hydrogen) atoms. The van der Waals surface area contributed by atoms with Crippen LogP contribution in [0.3, 0.4) is 0 Å². The molecule has 0 aliphatic carbocycles. The van der Waals surface area contributed by atoms with Crippen LogP contribution in [0.1, 0.15) is 29.5 Å². The molecule has 7 heteroatoms. The highest BCUT2D eigenvalue weighted by Gasteiger charge is 2.15. The Labute approximate surface area is 166 Å². The van der Waals surface area contributed by atoms with E-state index in [1.54, 1.807) is 11.3 Å². The first kappa shape index (κ1) is 21.7. The Balaban J connectivity index is 0.00000288. The molecule has 0 radical (unpaired) electrons. The number of hydrogen-bond donors (Lipinski definition) is 2. The van der Waals surface area contributed by atoms with Crippen LogP contribution in [0.4, 0.5) is 0 Å². The van der Waals surface area contributed by atoms with Gasteiger partial charge in [-0.1, -0.05) is 0 Å². The first-order valence-electron chi connectivity index (χ1n) is 8.51. The van der Waals surface area contributed by atoms with Gasteiger partial charge in [0.15, 0.2) is 5.96 Å². The molecule has 1 fully saturated rings. The van der Waals surface area contributed by atoms with Gasteiger partial charge in [0.1, 0.15) is 0 Å². The normalized spacial score (nSPS) is 17.6. The van der Waals surface area contributed by atoms with Gasteiger partial charge in [0, 0.05) is 42.0 Å². The maximum absolute atomic E-state index is 5.71. The lowest BCUT2D eigenvalue weighted by molar-refractivity contribution is 0.0888. The van der Waals surface area contributed by atoms with Crippen molar-refractivity contribution in [3.05, 3.63) is 21.9 Å². The van der Waals surface area contributed by atoms with Crippen LogP contribution in [0.15, 0.2) is 17.1 Å². The summed E-state index contributed by atoms with van der Waals surface area (Å²) in [6, 6.07) is 4.29. The molecular formula is C17H30IN3O2S. The highest BCUT2D eigenvalue weighted by molar-refractivity contribution is 14.0. The summed E-state index contributed by atoms with van der Waals surface area (Å²) in [4.78, 5) is 7.25. The SMILES string of the molecule is CCNC(=NCc1ccc(C)s1)NCCCOCC1CCOC1.I. The fourth-order valence-corrected chi connectivity index (χ4v) is 3.23. The van der Waals surface area contributed by atoms with E-state index in [1.807, 2.05) is 0 Å². The van der Waals surface area contributed by atoms with E-state index in [0.29, 0.717) is 5.92 Å². The number of aryl methyl sites for hydroxylation is 1. The number of rotatable bonds is 9. The van der Waals surface area contributed by atoms with Gasteiger partial charge in [-0.2, -0.15) is 0 Å². The number of hydrogen-bond acceptors (Lipinski definition) is 4. The highest BCUT2D eigenvalue weighted by Crippen LogP contribution is 2.15. The zero-order valence-electron chi connectivity index (χ0n) is 14.7. The lowest BCUT2D eigenvalue weighted by Gasteiger charge is -2.12. The van der Waals surface area contributed by atoms with E-state index in [2.05, 4.69) is 41.6 Å². The molecule has 0 amide bonds. The van der Waals surface area contributed by atoms with Crippen molar-refractivity contribution >= 4 is 41.3 Å². The van der Waals surface area contributed by atoms with Crippen LogP contribution in [0.5, 0.6) is 0 Å². The largest absolute Gasteiger partial charge is 0.381 e. The van der Waals surface area contributed by atoms with E-state index in [9.17, 15) is 0 Å². The summed E-state index contributed by atoms with van der Waals surface area (Å²) >= 11 is 1.80. The van der Waals surface area contributed by atoms with Crippen LogP contribution in [0, 0.1) is 12.8 Å². The smallest absolute Gasteiger partial charge is 0.191 e. The Morgan fingerprint density at radius 1 is 1.42 bits per heavy atom. The summed E-state index contributed by atoms with van der Waals surface area (Å²) < 4.78 is 11.1. The zero-order valence-corrected chi connectivity index (χ0v) is 17.8. The second-order valence-corrected chi connectivity index (χ2v) is 7.16. The first-order valence-corrected chi connectivity index (χ1v) is 9.32. The van der Waals surface area contributed by atoms with E-state index in [4.69, 9.17) is 9.47 Å². The lowest BCUT2D eigenvalue weighted by Crippen LogP contribution is -2.38. The maximum Gasteiger partial charge on any atom is 0.191 e. The molecule has 0 bridgehead atoms. The molecule has 1 aliphatic rings. The minimum atomic E-state index is 0. The molecule has 1 aromatic heterocycles.